The van der Waals surface area contributed by atoms with Crippen molar-refractivity contribution in [3.8, 4) is 0 Å². The Bertz CT molecular complexity index is 682. The molecule has 1 aromatic heterocycles. The Kier molecular flexibility index (Phi) is 3.85. The van der Waals surface area contributed by atoms with Crippen LogP contribution in [0.1, 0.15) is 36.8 Å². The van der Waals surface area contributed by atoms with E-state index >= 15 is 0 Å². The quantitative estimate of drug-likeness (QED) is 0.922. The minimum atomic E-state index is 0.243. The number of benzene rings is 1. The molecule has 2 bridgehead atoms. The van der Waals surface area contributed by atoms with Crippen LogP contribution in [-0.2, 0) is 17.9 Å². The summed E-state index contributed by atoms with van der Waals surface area (Å²) < 4.78 is 1.80. The summed E-state index contributed by atoms with van der Waals surface area (Å²) in [5.74, 6) is 1.92. The lowest BCUT2D eigenvalue weighted by Gasteiger charge is -2.21. The van der Waals surface area contributed by atoms with E-state index in [1.807, 2.05) is 12.1 Å². The molecule has 2 aromatic rings. The van der Waals surface area contributed by atoms with E-state index in [2.05, 4.69) is 27.5 Å². The fourth-order valence-electron chi connectivity index (χ4n) is 4.25. The van der Waals surface area contributed by atoms with Crippen LogP contribution in [0, 0.1) is 17.8 Å². The Morgan fingerprint density at radius 3 is 2.78 bits per heavy atom. The first kappa shape index (κ1) is 14.4. The summed E-state index contributed by atoms with van der Waals surface area (Å²) in [6, 6.07) is 8.20. The molecule has 2 saturated carbocycles. The Morgan fingerprint density at radius 2 is 2.09 bits per heavy atom. The number of hydrogen-bond acceptors (Lipinski definition) is 3. The van der Waals surface area contributed by atoms with Crippen LogP contribution in [0.3, 0.4) is 0 Å². The Labute approximate surface area is 136 Å². The number of carbonyl (C=O) groups is 1. The van der Waals surface area contributed by atoms with Crippen LogP contribution in [0.15, 0.2) is 36.9 Å². The summed E-state index contributed by atoms with van der Waals surface area (Å²) in [4.78, 5) is 16.5. The summed E-state index contributed by atoms with van der Waals surface area (Å²) in [5, 5.41) is 7.32. The Balaban J connectivity index is 1.40. The molecule has 1 N–H and O–H groups in total. The van der Waals surface area contributed by atoms with E-state index < -0.39 is 0 Å². The monoisotopic (exact) mass is 310 g/mol. The van der Waals surface area contributed by atoms with Gasteiger partial charge in [0.05, 0.1) is 6.54 Å². The topological polar surface area (TPSA) is 59.8 Å². The molecule has 2 aliphatic carbocycles. The highest BCUT2D eigenvalue weighted by Gasteiger charge is 2.42. The van der Waals surface area contributed by atoms with Crippen molar-refractivity contribution in [3.05, 3.63) is 48.0 Å². The highest BCUT2D eigenvalue weighted by molar-refractivity contribution is 5.79. The molecule has 23 heavy (non-hydrogen) atoms. The number of nitrogens with zero attached hydrogens (tertiary/aromatic N) is 3. The zero-order chi connectivity index (χ0) is 15.6. The van der Waals surface area contributed by atoms with Gasteiger partial charge in [-0.3, -0.25) is 4.79 Å². The lowest BCUT2D eigenvalue weighted by Crippen LogP contribution is -2.33. The summed E-state index contributed by atoms with van der Waals surface area (Å²) in [6.45, 7) is 1.28. The molecule has 3 atom stereocenters. The minimum absolute atomic E-state index is 0.243. The van der Waals surface area contributed by atoms with Gasteiger partial charge in [0.2, 0.25) is 5.91 Å². The summed E-state index contributed by atoms with van der Waals surface area (Å²) in [6.07, 6.45) is 8.18. The third-order valence-corrected chi connectivity index (χ3v) is 5.45. The number of rotatable bonds is 5. The van der Waals surface area contributed by atoms with E-state index in [1.54, 1.807) is 17.3 Å². The minimum Gasteiger partial charge on any atom is -0.352 e. The molecular weight excluding hydrogens is 288 g/mol. The van der Waals surface area contributed by atoms with Gasteiger partial charge in [-0.25, -0.2) is 9.67 Å². The molecule has 2 fully saturated rings. The van der Waals surface area contributed by atoms with Crippen LogP contribution in [-0.4, -0.2) is 20.7 Å². The molecule has 1 amide bonds. The van der Waals surface area contributed by atoms with Gasteiger partial charge in [-0.1, -0.05) is 30.7 Å². The highest BCUT2D eigenvalue weighted by Crippen LogP contribution is 2.48. The number of fused-ring (bicyclic) bond motifs is 2. The predicted octanol–water partition coefficient (Wildman–Crippen LogP) is 2.38. The second kappa shape index (κ2) is 6.14. The van der Waals surface area contributed by atoms with Crippen molar-refractivity contribution in [1.29, 1.82) is 0 Å². The number of aromatic nitrogens is 3. The molecule has 0 unspecified atom stereocenters. The fourth-order valence-corrected chi connectivity index (χ4v) is 4.25. The van der Waals surface area contributed by atoms with Gasteiger partial charge in [-0.05, 0) is 42.2 Å². The van der Waals surface area contributed by atoms with Gasteiger partial charge < -0.3 is 5.32 Å². The summed E-state index contributed by atoms with van der Waals surface area (Å²) in [5.41, 5.74) is 2.32. The number of nitrogens with one attached hydrogen (secondary N) is 1. The maximum atomic E-state index is 12.5. The van der Waals surface area contributed by atoms with Gasteiger partial charge in [0.15, 0.2) is 0 Å². The van der Waals surface area contributed by atoms with Crippen LogP contribution < -0.4 is 5.32 Å². The molecule has 5 nitrogen and oxygen atoms in total. The third-order valence-electron chi connectivity index (χ3n) is 5.45. The van der Waals surface area contributed by atoms with E-state index in [-0.39, 0.29) is 11.8 Å². The standard InChI is InChI=1S/C18H22N4O/c23-18(17-8-13-5-6-14(17)7-13)20-9-15-3-1-2-4-16(15)10-22-12-19-11-21-22/h1-4,11-14,17H,5-10H2,(H,20,23)/t13-,14-,17+/m0/s1. The smallest absolute Gasteiger partial charge is 0.223 e. The highest BCUT2D eigenvalue weighted by atomic mass is 16.1. The first-order valence-electron chi connectivity index (χ1n) is 8.46. The van der Waals surface area contributed by atoms with Crippen molar-refractivity contribution >= 4 is 5.91 Å². The first-order chi connectivity index (χ1) is 11.3. The summed E-state index contributed by atoms with van der Waals surface area (Å²) >= 11 is 0. The molecule has 0 radical (unpaired) electrons. The molecule has 2 aliphatic rings. The van der Waals surface area contributed by atoms with Crippen molar-refractivity contribution in [2.75, 3.05) is 0 Å². The zero-order valence-electron chi connectivity index (χ0n) is 13.2. The van der Waals surface area contributed by atoms with E-state index in [9.17, 15) is 4.79 Å². The average molecular weight is 310 g/mol. The van der Waals surface area contributed by atoms with Crippen LogP contribution in [0.5, 0.6) is 0 Å². The van der Waals surface area contributed by atoms with Crippen LogP contribution in [0.4, 0.5) is 0 Å². The number of carbonyl (C=O) groups excluding carboxylic acids is 1. The fraction of sp³-hybridized carbons (Fsp3) is 0.500. The van der Waals surface area contributed by atoms with Crippen molar-refractivity contribution in [3.63, 3.8) is 0 Å². The van der Waals surface area contributed by atoms with Gasteiger partial charge in [-0.2, -0.15) is 5.10 Å². The zero-order valence-corrected chi connectivity index (χ0v) is 13.2. The first-order valence-corrected chi connectivity index (χ1v) is 8.46. The van der Waals surface area contributed by atoms with E-state index in [1.165, 1.54) is 24.8 Å². The lowest BCUT2D eigenvalue weighted by molar-refractivity contribution is -0.126. The van der Waals surface area contributed by atoms with Crippen LogP contribution in [0.25, 0.3) is 0 Å². The van der Waals surface area contributed by atoms with Crippen LogP contribution in [0.2, 0.25) is 0 Å². The van der Waals surface area contributed by atoms with Crippen LogP contribution >= 0.6 is 0 Å². The van der Waals surface area contributed by atoms with Gasteiger partial charge in [0.25, 0.3) is 0 Å². The number of amides is 1. The molecule has 0 saturated heterocycles. The largest absolute Gasteiger partial charge is 0.352 e. The third kappa shape index (κ3) is 3.00. The maximum Gasteiger partial charge on any atom is 0.223 e. The summed E-state index contributed by atoms with van der Waals surface area (Å²) in [7, 11) is 0. The second-order valence-electron chi connectivity index (χ2n) is 6.86. The Morgan fingerprint density at radius 1 is 1.22 bits per heavy atom. The average Bonchev–Trinajstić information content (AvgIpc) is 3.31. The Hall–Kier alpha value is -2.17. The number of hydrogen-bond donors (Lipinski definition) is 1. The van der Waals surface area contributed by atoms with Crippen molar-refractivity contribution < 1.29 is 4.79 Å². The van der Waals surface area contributed by atoms with Gasteiger partial charge >= 0.3 is 0 Å². The second-order valence-corrected chi connectivity index (χ2v) is 6.86. The normalized spacial score (nSPS) is 25.7. The van der Waals surface area contributed by atoms with Gasteiger partial charge in [-0.15, -0.1) is 0 Å². The predicted molar refractivity (Wildman–Crippen MR) is 86.4 cm³/mol. The van der Waals surface area contributed by atoms with Crippen molar-refractivity contribution in [2.45, 2.75) is 38.8 Å². The molecule has 0 aliphatic heterocycles. The molecule has 1 aromatic carbocycles. The molecule has 0 spiro atoms. The van der Waals surface area contributed by atoms with Crippen molar-refractivity contribution in [2.24, 2.45) is 17.8 Å². The lowest BCUT2D eigenvalue weighted by atomic mass is 9.88. The van der Waals surface area contributed by atoms with Gasteiger partial charge in [0.1, 0.15) is 12.7 Å². The van der Waals surface area contributed by atoms with Gasteiger partial charge in [0, 0.05) is 12.5 Å². The van der Waals surface area contributed by atoms with E-state index in [4.69, 9.17) is 0 Å². The molecule has 4 rings (SSSR count). The molecule has 5 heteroatoms. The van der Waals surface area contributed by atoms with Crippen molar-refractivity contribution in [1.82, 2.24) is 20.1 Å². The van der Waals surface area contributed by atoms with E-state index in [0.717, 1.165) is 17.9 Å². The molecule has 1 heterocycles. The SMILES string of the molecule is O=C(NCc1ccccc1Cn1cncn1)[C@@H]1C[C@H]2CC[C@H]1C2. The van der Waals surface area contributed by atoms with E-state index in [0.29, 0.717) is 19.0 Å². The molecular formula is C18H22N4O. The maximum absolute atomic E-state index is 12.5. The molecule has 120 valence electrons.